The lowest BCUT2D eigenvalue weighted by atomic mass is 9.82. The van der Waals surface area contributed by atoms with Crippen LogP contribution in [0.3, 0.4) is 0 Å². The van der Waals surface area contributed by atoms with Crippen LogP contribution in [-0.2, 0) is 4.94 Å². The van der Waals surface area contributed by atoms with Gasteiger partial charge in [0.15, 0.2) is 0 Å². The highest BCUT2D eigenvalue weighted by Crippen LogP contribution is 2.37. The van der Waals surface area contributed by atoms with Gasteiger partial charge in [-0.05, 0) is 47.0 Å². The van der Waals surface area contributed by atoms with E-state index in [9.17, 15) is 0 Å². The van der Waals surface area contributed by atoms with Gasteiger partial charge < -0.3 is 0 Å². The molecule has 77 valence electrons. The number of hydroxylamine groups is 2. The van der Waals surface area contributed by atoms with Gasteiger partial charge in [-0.2, -0.15) is 10.0 Å². The van der Waals surface area contributed by atoms with E-state index < -0.39 is 0 Å². The Labute approximate surface area is 79.7 Å². The number of rotatable bonds is 2. The van der Waals surface area contributed by atoms with Gasteiger partial charge in [-0.1, -0.05) is 0 Å². The molecule has 4 nitrogen and oxygen atoms in total. The highest BCUT2D eigenvalue weighted by Gasteiger charge is 2.43. The van der Waals surface area contributed by atoms with Crippen LogP contribution in [0.25, 0.3) is 0 Å². The highest BCUT2D eigenvalue weighted by molar-refractivity contribution is 4.92. The van der Waals surface area contributed by atoms with E-state index in [-0.39, 0.29) is 11.1 Å². The van der Waals surface area contributed by atoms with Crippen LogP contribution in [0.4, 0.5) is 0 Å². The fourth-order valence-corrected chi connectivity index (χ4v) is 2.23. The molecule has 4 heteroatoms. The zero-order chi connectivity index (χ0) is 10.1. The van der Waals surface area contributed by atoms with Crippen LogP contribution >= 0.6 is 0 Å². The molecular formula is C9H19N2O2. The minimum absolute atomic E-state index is 0.0615. The summed E-state index contributed by atoms with van der Waals surface area (Å²) in [4.78, 5) is 4.93. The summed E-state index contributed by atoms with van der Waals surface area (Å²) in [7, 11) is 0. The minimum Gasteiger partial charge on any atom is -0.271 e. The second kappa shape index (κ2) is 3.53. The summed E-state index contributed by atoms with van der Waals surface area (Å²) in [5.41, 5.74) is 2.65. The van der Waals surface area contributed by atoms with Crippen LogP contribution in [0, 0.1) is 0 Å². The molecule has 1 aliphatic heterocycles. The van der Waals surface area contributed by atoms with Crippen molar-refractivity contribution in [2.45, 2.75) is 58.0 Å². The molecule has 1 heterocycles. The molecule has 0 spiro atoms. The number of hydrogen-bond acceptors (Lipinski definition) is 3. The second-order valence-corrected chi connectivity index (χ2v) is 4.94. The summed E-state index contributed by atoms with van der Waals surface area (Å²) in [5.74, 6) is 0. The molecule has 1 fully saturated rings. The Hall–Kier alpha value is -0.160. The Kier molecular flexibility index (Phi) is 2.97. The first-order chi connectivity index (χ1) is 5.90. The molecule has 1 radical (unpaired) electrons. The monoisotopic (exact) mass is 187 g/mol. The average Bonchev–Trinajstić information content (AvgIpc) is 1.96. The maximum absolute atomic E-state index is 8.44. The Morgan fingerprint density at radius 2 is 1.62 bits per heavy atom. The van der Waals surface area contributed by atoms with Crippen LogP contribution < -0.4 is 5.64 Å². The van der Waals surface area contributed by atoms with Gasteiger partial charge in [0.25, 0.3) is 0 Å². The van der Waals surface area contributed by atoms with Crippen LogP contribution in [0.2, 0.25) is 0 Å². The summed E-state index contributed by atoms with van der Waals surface area (Å²) in [6.45, 7) is 8.39. The summed E-state index contributed by atoms with van der Waals surface area (Å²) >= 11 is 0. The van der Waals surface area contributed by atoms with E-state index in [1.807, 2.05) is 0 Å². The van der Waals surface area contributed by atoms with E-state index >= 15 is 0 Å². The van der Waals surface area contributed by atoms with Gasteiger partial charge in [-0.25, -0.2) is 0 Å². The maximum Gasteiger partial charge on any atom is 0.0817 e. The lowest BCUT2D eigenvalue weighted by molar-refractivity contribution is -0.366. The average molecular weight is 187 g/mol. The molecule has 1 aliphatic rings. The predicted molar refractivity (Wildman–Crippen MR) is 48.9 cm³/mol. The first-order valence-electron chi connectivity index (χ1n) is 4.72. The third-order valence-corrected chi connectivity index (χ3v) is 2.79. The van der Waals surface area contributed by atoms with Crippen LogP contribution in [-0.4, -0.2) is 21.3 Å². The van der Waals surface area contributed by atoms with E-state index in [0.717, 1.165) is 12.8 Å². The molecule has 0 bridgehead atoms. The Morgan fingerprint density at radius 3 is 2.00 bits per heavy atom. The van der Waals surface area contributed by atoms with Crippen LogP contribution in [0.15, 0.2) is 0 Å². The topological polar surface area (TPSA) is 46.8 Å². The molecular weight excluding hydrogens is 168 g/mol. The first kappa shape index (κ1) is 10.9. The molecule has 0 unspecified atom stereocenters. The molecule has 1 saturated heterocycles. The van der Waals surface area contributed by atoms with Crippen LogP contribution in [0.1, 0.15) is 47.0 Å². The summed E-state index contributed by atoms with van der Waals surface area (Å²) in [5, 5.41) is 10.2. The van der Waals surface area contributed by atoms with E-state index in [2.05, 4.69) is 33.3 Å². The van der Waals surface area contributed by atoms with Crippen molar-refractivity contribution >= 4 is 0 Å². The third-order valence-electron chi connectivity index (χ3n) is 2.79. The van der Waals surface area contributed by atoms with Gasteiger partial charge in [0.1, 0.15) is 0 Å². The molecule has 0 aromatic rings. The maximum atomic E-state index is 8.44. The van der Waals surface area contributed by atoms with Gasteiger partial charge in [0.2, 0.25) is 0 Å². The Morgan fingerprint density at radius 1 is 1.15 bits per heavy atom. The molecule has 13 heavy (non-hydrogen) atoms. The summed E-state index contributed by atoms with van der Waals surface area (Å²) in [6.07, 6.45) is 3.31. The molecule has 1 rings (SSSR count). The van der Waals surface area contributed by atoms with Crippen molar-refractivity contribution < 1.29 is 10.1 Å². The zero-order valence-electron chi connectivity index (χ0n) is 8.87. The number of nitrogens with zero attached hydrogens (tertiary/aromatic N) is 2. The molecule has 0 atom stereocenters. The molecule has 0 amide bonds. The fraction of sp³-hybridized carbons (Fsp3) is 1.00. The second-order valence-electron chi connectivity index (χ2n) is 4.94. The fourth-order valence-electron chi connectivity index (χ4n) is 2.23. The SMILES string of the molecule is CC1(C)CCCC(C)(C)N1O[N]O. The lowest BCUT2D eigenvalue weighted by Crippen LogP contribution is -2.58. The largest absolute Gasteiger partial charge is 0.271 e. The van der Waals surface area contributed by atoms with E-state index in [1.54, 1.807) is 5.06 Å². The zero-order valence-corrected chi connectivity index (χ0v) is 8.87. The smallest absolute Gasteiger partial charge is 0.0817 e. The van der Waals surface area contributed by atoms with Gasteiger partial charge in [0, 0.05) is 11.1 Å². The number of piperidine rings is 1. The van der Waals surface area contributed by atoms with Crippen molar-refractivity contribution in [3.8, 4) is 0 Å². The Balaban J connectivity index is 2.78. The first-order valence-corrected chi connectivity index (χ1v) is 4.72. The van der Waals surface area contributed by atoms with Crippen LogP contribution in [0.5, 0.6) is 0 Å². The van der Waals surface area contributed by atoms with Crippen molar-refractivity contribution in [1.82, 2.24) is 10.7 Å². The van der Waals surface area contributed by atoms with Crippen molar-refractivity contribution in [1.29, 1.82) is 0 Å². The van der Waals surface area contributed by atoms with E-state index in [4.69, 9.17) is 10.1 Å². The third kappa shape index (κ3) is 2.20. The number of hydrogen-bond donors (Lipinski definition) is 1. The highest BCUT2D eigenvalue weighted by atomic mass is 16.9. The van der Waals surface area contributed by atoms with Gasteiger partial charge in [-0.3, -0.25) is 5.21 Å². The molecule has 0 saturated carbocycles. The van der Waals surface area contributed by atoms with E-state index in [0.29, 0.717) is 0 Å². The van der Waals surface area contributed by atoms with Crippen molar-refractivity contribution in [2.24, 2.45) is 0 Å². The normalized spacial score (nSPS) is 27.5. The summed E-state index contributed by atoms with van der Waals surface area (Å²) in [6, 6.07) is 0. The van der Waals surface area contributed by atoms with Crippen molar-refractivity contribution in [2.75, 3.05) is 0 Å². The molecule has 0 aliphatic carbocycles. The van der Waals surface area contributed by atoms with Crippen molar-refractivity contribution in [3.05, 3.63) is 0 Å². The summed E-state index contributed by atoms with van der Waals surface area (Å²) < 4.78 is 0. The molecule has 0 aromatic carbocycles. The molecule has 1 N–H and O–H groups in total. The Bertz CT molecular complexity index is 164. The van der Waals surface area contributed by atoms with Crippen molar-refractivity contribution in [3.63, 3.8) is 0 Å². The predicted octanol–water partition coefficient (Wildman–Crippen LogP) is 1.87. The standard InChI is InChI=1S/C9H19N2O2/c1-8(2)6-5-7-9(3,4)11(8)13-10-12/h12H,5-7H2,1-4H3. The van der Waals surface area contributed by atoms with E-state index in [1.165, 1.54) is 6.42 Å². The minimum atomic E-state index is -0.0615. The lowest BCUT2D eigenvalue weighted by Gasteiger charge is -2.49. The van der Waals surface area contributed by atoms with Gasteiger partial charge in [0.05, 0.1) is 5.64 Å². The quantitative estimate of drug-likeness (QED) is 0.671. The molecule has 0 aromatic heterocycles. The van der Waals surface area contributed by atoms with Gasteiger partial charge >= 0.3 is 0 Å². The van der Waals surface area contributed by atoms with Gasteiger partial charge in [-0.15, -0.1) is 0 Å².